The number of rotatable bonds is 8. The van der Waals surface area contributed by atoms with Gasteiger partial charge < -0.3 is 18.6 Å². The highest BCUT2D eigenvalue weighted by Gasteiger charge is 2.29. The maximum atomic E-state index is 13.7. The molecule has 2 aromatic heterocycles. The molecule has 5 rings (SSSR count). The van der Waals surface area contributed by atoms with Crippen LogP contribution in [0.2, 0.25) is 0 Å². The number of nitrogens with zero attached hydrogens (tertiary/aromatic N) is 2. The molecule has 7 nitrogen and oxygen atoms in total. The lowest BCUT2D eigenvalue weighted by molar-refractivity contribution is 0.0896. The van der Waals surface area contributed by atoms with E-state index in [1.165, 1.54) is 11.3 Å². The molecule has 0 bridgehead atoms. The molecule has 3 heterocycles. The molecule has 1 saturated heterocycles. The molecule has 1 unspecified atom stereocenters. The first-order chi connectivity index (χ1) is 16.2. The zero-order valence-corrected chi connectivity index (χ0v) is 19.5. The smallest absolute Gasteiger partial charge is 0.295 e. The van der Waals surface area contributed by atoms with Gasteiger partial charge in [-0.25, -0.2) is 4.98 Å². The molecular formula is C25H26N2O5S. The lowest BCUT2D eigenvalue weighted by Crippen LogP contribution is -2.37. The van der Waals surface area contributed by atoms with E-state index in [0.717, 1.165) is 34.2 Å². The molecule has 172 valence electrons. The SMILES string of the molecule is CCOc1ccc2nc(N(CC3CCCO3)C(=O)c3cc4cccc(OCC)c4o3)sc2c1. The van der Waals surface area contributed by atoms with Gasteiger partial charge in [-0.2, -0.15) is 0 Å². The number of carbonyl (C=O) groups excluding carboxylic acids is 1. The number of anilines is 1. The van der Waals surface area contributed by atoms with Crippen molar-refractivity contribution in [2.45, 2.75) is 32.8 Å². The average molecular weight is 467 g/mol. The first-order valence-corrected chi connectivity index (χ1v) is 12.1. The summed E-state index contributed by atoms with van der Waals surface area (Å²) in [6.07, 6.45) is 1.88. The molecule has 33 heavy (non-hydrogen) atoms. The number of benzene rings is 2. The lowest BCUT2D eigenvalue weighted by atomic mass is 10.2. The van der Waals surface area contributed by atoms with Gasteiger partial charge in [0.25, 0.3) is 5.91 Å². The second-order valence-corrected chi connectivity index (χ2v) is 8.84. The Labute approximate surface area is 195 Å². The summed E-state index contributed by atoms with van der Waals surface area (Å²) < 4.78 is 24.1. The molecule has 1 fully saturated rings. The van der Waals surface area contributed by atoms with E-state index in [9.17, 15) is 4.79 Å². The van der Waals surface area contributed by atoms with Crippen molar-refractivity contribution in [2.24, 2.45) is 0 Å². The number of para-hydroxylation sites is 1. The van der Waals surface area contributed by atoms with E-state index < -0.39 is 0 Å². The van der Waals surface area contributed by atoms with E-state index >= 15 is 0 Å². The van der Waals surface area contributed by atoms with Gasteiger partial charge in [-0.05, 0) is 57.0 Å². The van der Waals surface area contributed by atoms with Crippen LogP contribution in [0.5, 0.6) is 11.5 Å². The van der Waals surface area contributed by atoms with Crippen LogP contribution in [0.15, 0.2) is 46.9 Å². The molecule has 1 atom stereocenters. The quantitative estimate of drug-likeness (QED) is 0.333. The average Bonchev–Trinajstić information content (AvgIpc) is 3.56. The molecule has 1 aliphatic heterocycles. The maximum absolute atomic E-state index is 13.7. The zero-order chi connectivity index (χ0) is 22.8. The fraction of sp³-hybridized carbons (Fsp3) is 0.360. The number of carbonyl (C=O) groups is 1. The summed E-state index contributed by atoms with van der Waals surface area (Å²) in [6.45, 7) is 6.12. The van der Waals surface area contributed by atoms with Gasteiger partial charge in [0.2, 0.25) is 0 Å². The predicted octanol–water partition coefficient (Wildman–Crippen LogP) is 5.67. The number of fused-ring (bicyclic) bond motifs is 2. The third kappa shape index (κ3) is 4.41. The largest absolute Gasteiger partial charge is 0.494 e. The van der Waals surface area contributed by atoms with Crippen molar-refractivity contribution in [1.82, 2.24) is 4.98 Å². The van der Waals surface area contributed by atoms with Crippen molar-refractivity contribution in [3.05, 3.63) is 48.2 Å². The van der Waals surface area contributed by atoms with Crippen molar-refractivity contribution in [3.63, 3.8) is 0 Å². The Morgan fingerprint density at radius 1 is 1.18 bits per heavy atom. The molecular weight excluding hydrogens is 440 g/mol. The van der Waals surface area contributed by atoms with Gasteiger partial charge in [0.1, 0.15) is 5.75 Å². The molecule has 0 spiro atoms. The summed E-state index contributed by atoms with van der Waals surface area (Å²) >= 11 is 1.46. The van der Waals surface area contributed by atoms with E-state index in [-0.39, 0.29) is 17.8 Å². The second kappa shape index (κ2) is 9.41. The van der Waals surface area contributed by atoms with E-state index in [2.05, 4.69) is 0 Å². The summed E-state index contributed by atoms with van der Waals surface area (Å²) in [6, 6.07) is 13.2. The van der Waals surface area contributed by atoms with Crippen molar-refractivity contribution in [1.29, 1.82) is 0 Å². The van der Waals surface area contributed by atoms with Gasteiger partial charge in [0.15, 0.2) is 22.2 Å². The molecule has 1 amide bonds. The third-order valence-corrected chi connectivity index (χ3v) is 6.61. The van der Waals surface area contributed by atoms with Gasteiger partial charge in [-0.1, -0.05) is 23.5 Å². The zero-order valence-electron chi connectivity index (χ0n) is 18.7. The minimum absolute atomic E-state index is 0.0247. The fourth-order valence-corrected chi connectivity index (χ4v) is 5.05. The Bertz CT molecular complexity index is 1270. The summed E-state index contributed by atoms with van der Waals surface area (Å²) in [5, 5.41) is 1.44. The molecule has 0 N–H and O–H groups in total. The minimum atomic E-state index is -0.242. The van der Waals surface area contributed by atoms with E-state index in [1.807, 2.05) is 50.2 Å². The number of hydrogen-bond donors (Lipinski definition) is 0. The van der Waals surface area contributed by atoms with E-state index in [0.29, 0.717) is 42.8 Å². The number of hydrogen-bond acceptors (Lipinski definition) is 7. The van der Waals surface area contributed by atoms with Crippen molar-refractivity contribution in [3.8, 4) is 11.5 Å². The van der Waals surface area contributed by atoms with Crippen molar-refractivity contribution in [2.75, 3.05) is 31.3 Å². The molecule has 4 aromatic rings. The molecule has 0 radical (unpaired) electrons. The topological polar surface area (TPSA) is 74.0 Å². The fourth-order valence-electron chi connectivity index (χ4n) is 4.05. The van der Waals surface area contributed by atoms with Crippen LogP contribution in [0.4, 0.5) is 5.13 Å². The number of aromatic nitrogens is 1. The lowest BCUT2D eigenvalue weighted by Gasteiger charge is -2.22. The third-order valence-electron chi connectivity index (χ3n) is 5.56. The van der Waals surface area contributed by atoms with Crippen LogP contribution in [0.1, 0.15) is 37.2 Å². The molecule has 2 aromatic carbocycles. The number of amides is 1. The number of thiazole rings is 1. The normalized spacial score (nSPS) is 15.9. The molecule has 8 heteroatoms. The van der Waals surface area contributed by atoms with Gasteiger partial charge in [-0.3, -0.25) is 9.69 Å². The van der Waals surface area contributed by atoms with Crippen LogP contribution in [0.3, 0.4) is 0 Å². The van der Waals surface area contributed by atoms with Crippen LogP contribution in [-0.4, -0.2) is 43.4 Å². The number of ether oxygens (including phenoxy) is 3. The Hall–Kier alpha value is -3.10. The monoisotopic (exact) mass is 466 g/mol. The Balaban J connectivity index is 1.52. The molecule has 0 aliphatic carbocycles. The maximum Gasteiger partial charge on any atom is 0.295 e. The summed E-state index contributed by atoms with van der Waals surface area (Å²) in [7, 11) is 0. The highest BCUT2D eigenvalue weighted by Crippen LogP contribution is 2.35. The standard InChI is InChI=1S/C25H26N2O5S/c1-3-29-17-10-11-19-22(14-17)33-25(26-19)27(15-18-8-6-12-31-18)24(28)21-13-16-7-5-9-20(30-4-2)23(16)32-21/h5,7,9-11,13-14,18H,3-4,6,8,12,15H2,1-2H3. The highest BCUT2D eigenvalue weighted by molar-refractivity contribution is 7.22. The van der Waals surface area contributed by atoms with E-state index in [1.54, 1.807) is 11.0 Å². The Kier molecular flexibility index (Phi) is 6.20. The van der Waals surface area contributed by atoms with E-state index in [4.69, 9.17) is 23.6 Å². The Morgan fingerprint density at radius 2 is 2.06 bits per heavy atom. The summed E-state index contributed by atoms with van der Waals surface area (Å²) in [4.78, 5) is 20.1. The van der Waals surface area contributed by atoms with Crippen LogP contribution in [0, 0.1) is 0 Å². The van der Waals surface area contributed by atoms with Gasteiger partial charge in [0, 0.05) is 12.0 Å². The first kappa shape index (κ1) is 21.7. The predicted molar refractivity (Wildman–Crippen MR) is 129 cm³/mol. The summed E-state index contributed by atoms with van der Waals surface area (Å²) in [5.74, 6) is 1.43. The van der Waals surface area contributed by atoms with Gasteiger partial charge in [-0.15, -0.1) is 0 Å². The second-order valence-electron chi connectivity index (χ2n) is 7.83. The molecule has 0 saturated carbocycles. The minimum Gasteiger partial charge on any atom is -0.494 e. The van der Waals surface area contributed by atoms with Crippen molar-refractivity contribution >= 4 is 43.6 Å². The van der Waals surface area contributed by atoms with Crippen LogP contribution in [-0.2, 0) is 4.74 Å². The Morgan fingerprint density at radius 3 is 2.85 bits per heavy atom. The summed E-state index contributed by atoms with van der Waals surface area (Å²) in [5.41, 5.74) is 1.40. The van der Waals surface area contributed by atoms with Crippen LogP contribution < -0.4 is 14.4 Å². The first-order valence-electron chi connectivity index (χ1n) is 11.3. The van der Waals surface area contributed by atoms with Crippen molar-refractivity contribution < 1.29 is 23.4 Å². The highest BCUT2D eigenvalue weighted by atomic mass is 32.1. The molecule has 1 aliphatic rings. The number of furan rings is 1. The van der Waals surface area contributed by atoms with Crippen LogP contribution in [0.25, 0.3) is 21.2 Å². The van der Waals surface area contributed by atoms with Crippen LogP contribution >= 0.6 is 11.3 Å². The van der Waals surface area contributed by atoms with Gasteiger partial charge >= 0.3 is 0 Å². The van der Waals surface area contributed by atoms with Gasteiger partial charge in [0.05, 0.1) is 36.1 Å².